The number of hydrogen-bond donors (Lipinski definition) is 0. The normalized spacial score (nSPS) is 19.0. The maximum absolute atomic E-state index is 5.64. The molecule has 1 fully saturated rings. The van der Waals surface area contributed by atoms with E-state index in [1.54, 1.807) is 0 Å². The standard InChI is InChI=1S/C16H21N3O2/c1-2-10-19-11-6-9-14(19)16-17-15(18-21-16)12-20-13-7-4-3-5-8-13/h3-5,7-8,14H,2,6,9-12H2,1H3. The fraction of sp³-hybridized carbons (Fsp3) is 0.500. The van der Waals surface area contributed by atoms with Gasteiger partial charge in [0.1, 0.15) is 5.75 Å². The fourth-order valence-corrected chi connectivity index (χ4v) is 2.79. The minimum absolute atomic E-state index is 0.280. The summed E-state index contributed by atoms with van der Waals surface area (Å²) in [4.78, 5) is 6.92. The van der Waals surface area contributed by atoms with Crippen molar-refractivity contribution in [2.75, 3.05) is 13.1 Å². The molecule has 1 unspecified atom stereocenters. The van der Waals surface area contributed by atoms with Crippen LogP contribution in [-0.2, 0) is 6.61 Å². The largest absolute Gasteiger partial charge is 0.485 e. The van der Waals surface area contributed by atoms with E-state index in [1.165, 1.54) is 6.42 Å². The number of ether oxygens (including phenoxy) is 1. The molecule has 1 aromatic heterocycles. The lowest BCUT2D eigenvalue weighted by molar-refractivity contribution is 0.207. The molecule has 112 valence electrons. The molecule has 0 saturated carbocycles. The van der Waals surface area contributed by atoms with E-state index in [4.69, 9.17) is 9.26 Å². The summed E-state index contributed by atoms with van der Waals surface area (Å²) in [6, 6.07) is 9.96. The van der Waals surface area contributed by atoms with E-state index >= 15 is 0 Å². The summed E-state index contributed by atoms with van der Waals surface area (Å²) >= 11 is 0. The van der Waals surface area contributed by atoms with Gasteiger partial charge in [0.25, 0.3) is 0 Å². The van der Waals surface area contributed by atoms with Crippen LogP contribution in [-0.4, -0.2) is 28.1 Å². The lowest BCUT2D eigenvalue weighted by atomic mass is 10.2. The maximum Gasteiger partial charge on any atom is 0.244 e. The van der Waals surface area contributed by atoms with Crippen molar-refractivity contribution in [2.24, 2.45) is 0 Å². The van der Waals surface area contributed by atoms with Gasteiger partial charge < -0.3 is 9.26 Å². The molecular formula is C16H21N3O2. The molecule has 2 heterocycles. The molecular weight excluding hydrogens is 266 g/mol. The van der Waals surface area contributed by atoms with Gasteiger partial charge in [0, 0.05) is 0 Å². The third-order valence-corrected chi connectivity index (χ3v) is 3.75. The number of benzene rings is 1. The highest BCUT2D eigenvalue weighted by Gasteiger charge is 2.29. The van der Waals surface area contributed by atoms with Crippen LogP contribution in [0.1, 0.15) is 43.9 Å². The highest BCUT2D eigenvalue weighted by molar-refractivity contribution is 5.20. The number of hydrogen-bond acceptors (Lipinski definition) is 5. The molecule has 21 heavy (non-hydrogen) atoms. The molecule has 2 aromatic rings. The van der Waals surface area contributed by atoms with Gasteiger partial charge in [0.15, 0.2) is 6.61 Å². The van der Waals surface area contributed by atoms with Crippen molar-refractivity contribution >= 4 is 0 Å². The first kappa shape index (κ1) is 14.1. The Balaban J connectivity index is 1.61. The van der Waals surface area contributed by atoms with E-state index in [0.717, 1.165) is 37.6 Å². The molecule has 5 heteroatoms. The van der Waals surface area contributed by atoms with Crippen LogP contribution < -0.4 is 4.74 Å². The zero-order valence-electron chi connectivity index (χ0n) is 12.4. The van der Waals surface area contributed by atoms with E-state index in [9.17, 15) is 0 Å². The van der Waals surface area contributed by atoms with Crippen LogP contribution >= 0.6 is 0 Å². The second-order valence-electron chi connectivity index (χ2n) is 5.34. The molecule has 3 rings (SSSR count). The Bertz CT molecular complexity index is 556. The quantitative estimate of drug-likeness (QED) is 0.816. The van der Waals surface area contributed by atoms with Crippen LogP contribution in [0.5, 0.6) is 5.75 Å². The Morgan fingerprint density at radius 1 is 1.33 bits per heavy atom. The maximum atomic E-state index is 5.64. The predicted molar refractivity (Wildman–Crippen MR) is 78.9 cm³/mol. The highest BCUT2D eigenvalue weighted by Crippen LogP contribution is 2.30. The molecule has 1 aliphatic heterocycles. The van der Waals surface area contributed by atoms with Crippen molar-refractivity contribution in [1.82, 2.24) is 15.0 Å². The molecule has 0 aliphatic carbocycles. The molecule has 5 nitrogen and oxygen atoms in total. The van der Waals surface area contributed by atoms with E-state index in [2.05, 4.69) is 22.0 Å². The van der Waals surface area contributed by atoms with E-state index in [-0.39, 0.29) is 6.04 Å². The van der Waals surface area contributed by atoms with E-state index in [1.807, 2.05) is 30.3 Å². The number of para-hydroxylation sites is 1. The van der Waals surface area contributed by atoms with E-state index in [0.29, 0.717) is 12.4 Å². The molecule has 1 aliphatic rings. The minimum atomic E-state index is 0.280. The van der Waals surface area contributed by atoms with Gasteiger partial charge in [0.05, 0.1) is 6.04 Å². The van der Waals surface area contributed by atoms with Crippen LogP contribution in [0.15, 0.2) is 34.9 Å². The average molecular weight is 287 g/mol. The first-order valence-electron chi connectivity index (χ1n) is 7.61. The molecule has 0 N–H and O–H groups in total. The fourth-order valence-electron chi connectivity index (χ4n) is 2.79. The van der Waals surface area contributed by atoms with Crippen LogP contribution in [0, 0.1) is 0 Å². The Morgan fingerprint density at radius 3 is 3.00 bits per heavy atom. The first-order valence-corrected chi connectivity index (χ1v) is 7.61. The Kier molecular flexibility index (Phi) is 4.50. The topological polar surface area (TPSA) is 51.4 Å². The van der Waals surface area contributed by atoms with Gasteiger partial charge in [-0.1, -0.05) is 30.3 Å². The molecule has 0 radical (unpaired) electrons. The zero-order chi connectivity index (χ0) is 14.5. The van der Waals surface area contributed by atoms with Crippen LogP contribution in [0.25, 0.3) is 0 Å². The zero-order valence-corrected chi connectivity index (χ0v) is 12.4. The summed E-state index contributed by atoms with van der Waals surface area (Å²) in [5.74, 6) is 2.15. The van der Waals surface area contributed by atoms with Crippen LogP contribution in [0.4, 0.5) is 0 Å². The second-order valence-corrected chi connectivity index (χ2v) is 5.34. The van der Waals surface area contributed by atoms with Gasteiger partial charge in [0.2, 0.25) is 11.7 Å². The number of likely N-dealkylation sites (tertiary alicyclic amines) is 1. The van der Waals surface area contributed by atoms with Gasteiger partial charge in [-0.25, -0.2) is 0 Å². The summed E-state index contributed by atoms with van der Waals surface area (Å²) in [5.41, 5.74) is 0. The predicted octanol–water partition coefficient (Wildman–Crippen LogP) is 3.20. The molecule has 1 aromatic carbocycles. The van der Waals surface area contributed by atoms with Crippen molar-refractivity contribution in [1.29, 1.82) is 0 Å². The summed E-state index contributed by atoms with van der Waals surface area (Å²) in [5, 5.41) is 4.03. The second kappa shape index (κ2) is 6.72. The number of aromatic nitrogens is 2. The van der Waals surface area contributed by atoms with Crippen molar-refractivity contribution < 1.29 is 9.26 Å². The Hall–Kier alpha value is -1.88. The molecule has 0 bridgehead atoms. The van der Waals surface area contributed by atoms with Crippen molar-refractivity contribution in [2.45, 2.75) is 38.8 Å². The SMILES string of the molecule is CCCN1CCCC1c1nc(COc2ccccc2)no1. The Labute approximate surface area is 124 Å². The summed E-state index contributed by atoms with van der Waals surface area (Å²) in [7, 11) is 0. The molecule has 1 saturated heterocycles. The number of nitrogens with zero attached hydrogens (tertiary/aromatic N) is 3. The highest BCUT2D eigenvalue weighted by atomic mass is 16.5. The van der Waals surface area contributed by atoms with Crippen LogP contribution in [0.3, 0.4) is 0 Å². The minimum Gasteiger partial charge on any atom is -0.485 e. The lowest BCUT2D eigenvalue weighted by Gasteiger charge is -2.20. The van der Waals surface area contributed by atoms with Crippen molar-refractivity contribution in [3.05, 3.63) is 42.0 Å². The van der Waals surface area contributed by atoms with Gasteiger partial charge in [-0.3, -0.25) is 4.90 Å². The van der Waals surface area contributed by atoms with Crippen molar-refractivity contribution in [3.63, 3.8) is 0 Å². The summed E-state index contributed by atoms with van der Waals surface area (Å²) in [6.45, 7) is 4.75. The monoisotopic (exact) mass is 287 g/mol. The molecule has 0 amide bonds. The third kappa shape index (κ3) is 3.42. The molecule has 1 atom stereocenters. The smallest absolute Gasteiger partial charge is 0.244 e. The molecule has 0 spiro atoms. The van der Waals surface area contributed by atoms with Gasteiger partial charge in [-0.15, -0.1) is 0 Å². The Morgan fingerprint density at radius 2 is 2.19 bits per heavy atom. The van der Waals surface area contributed by atoms with Gasteiger partial charge in [-0.05, 0) is 44.5 Å². The summed E-state index contributed by atoms with van der Waals surface area (Å²) in [6.07, 6.45) is 3.44. The third-order valence-electron chi connectivity index (χ3n) is 3.75. The first-order chi connectivity index (χ1) is 10.4. The van der Waals surface area contributed by atoms with Gasteiger partial charge >= 0.3 is 0 Å². The van der Waals surface area contributed by atoms with Crippen LogP contribution in [0.2, 0.25) is 0 Å². The average Bonchev–Trinajstić information content (AvgIpc) is 3.15. The van der Waals surface area contributed by atoms with Crippen molar-refractivity contribution in [3.8, 4) is 5.75 Å². The summed E-state index contributed by atoms with van der Waals surface area (Å²) < 4.78 is 11.1. The number of rotatable bonds is 6. The van der Waals surface area contributed by atoms with E-state index < -0.39 is 0 Å². The van der Waals surface area contributed by atoms with Gasteiger partial charge in [-0.2, -0.15) is 4.98 Å². The lowest BCUT2D eigenvalue weighted by Crippen LogP contribution is -2.24.